The summed E-state index contributed by atoms with van der Waals surface area (Å²) >= 11 is 0. The average molecular weight is 393 g/mol. The van der Waals surface area contributed by atoms with E-state index in [9.17, 15) is 5.11 Å². The topological polar surface area (TPSA) is 61.3 Å². The maximum atomic E-state index is 9.87. The third kappa shape index (κ3) is 4.25. The quantitative estimate of drug-likeness (QED) is 0.771. The molecule has 2 saturated carbocycles. The van der Waals surface area contributed by atoms with Crippen LogP contribution in [0.3, 0.4) is 0 Å². The molecule has 2 N–H and O–H groups in total. The van der Waals surface area contributed by atoms with Crippen LogP contribution in [-0.2, 0) is 13.0 Å². The predicted octanol–water partition coefficient (Wildman–Crippen LogP) is 4.71. The van der Waals surface area contributed by atoms with Crippen LogP contribution in [0.4, 0.5) is 11.6 Å². The van der Waals surface area contributed by atoms with Gasteiger partial charge in [0.05, 0.1) is 6.10 Å². The number of hydrogen-bond donors (Lipinski definition) is 2. The van der Waals surface area contributed by atoms with E-state index in [2.05, 4.69) is 34.5 Å². The Morgan fingerprint density at radius 1 is 1.03 bits per heavy atom. The van der Waals surface area contributed by atoms with Gasteiger partial charge in [-0.2, -0.15) is 0 Å². The first-order chi connectivity index (χ1) is 14.2. The normalized spacial score (nSPS) is 21.0. The molecule has 1 aliphatic heterocycles. The first-order valence-electron chi connectivity index (χ1n) is 11.4. The van der Waals surface area contributed by atoms with E-state index in [1.807, 2.05) is 6.92 Å². The number of aromatic nitrogens is 2. The molecule has 0 spiro atoms. The number of benzene rings is 1. The van der Waals surface area contributed by atoms with Crippen LogP contribution in [0.1, 0.15) is 86.4 Å². The van der Waals surface area contributed by atoms with Crippen molar-refractivity contribution in [2.24, 2.45) is 0 Å². The number of aliphatic hydroxyl groups excluding tert-OH is 1. The zero-order valence-electron chi connectivity index (χ0n) is 17.4. The first kappa shape index (κ1) is 18.9. The molecule has 0 amide bonds. The number of aliphatic hydroxyl groups is 1. The van der Waals surface area contributed by atoms with Crippen LogP contribution in [0, 0.1) is 0 Å². The molecule has 2 aromatic rings. The third-order valence-electron chi connectivity index (χ3n) is 6.68. The molecular weight excluding hydrogens is 360 g/mol. The van der Waals surface area contributed by atoms with Crippen molar-refractivity contribution < 1.29 is 5.11 Å². The molecule has 1 aromatic heterocycles. The summed E-state index contributed by atoms with van der Waals surface area (Å²) in [5, 5.41) is 13.6. The lowest BCUT2D eigenvalue weighted by Crippen LogP contribution is -2.32. The second kappa shape index (κ2) is 7.94. The minimum Gasteiger partial charge on any atom is -0.389 e. The highest BCUT2D eigenvalue weighted by Gasteiger charge is 2.29. The standard InChI is InChI=1S/C24H32N4O/c1-16(29)18-9-10-20-15-28(12-11-19(20)13-18)23-14-22(25-21-5-3-2-4-6-21)26-24(27-23)17-7-8-17/h9-10,13-14,16-17,21,29H,2-8,11-12,15H2,1H3,(H,25,26,27)/t16-/m0/s1. The van der Waals surface area contributed by atoms with E-state index < -0.39 is 6.10 Å². The van der Waals surface area contributed by atoms with Crippen LogP contribution >= 0.6 is 0 Å². The molecule has 0 radical (unpaired) electrons. The van der Waals surface area contributed by atoms with Crippen molar-refractivity contribution in [2.45, 2.75) is 82.9 Å². The monoisotopic (exact) mass is 392 g/mol. The van der Waals surface area contributed by atoms with Gasteiger partial charge in [-0.1, -0.05) is 37.5 Å². The summed E-state index contributed by atoms with van der Waals surface area (Å²) in [6, 6.07) is 9.12. The molecule has 0 saturated heterocycles. The van der Waals surface area contributed by atoms with Gasteiger partial charge >= 0.3 is 0 Å². The highest BCUT2D eigenvalue weighted by molar-refractivity contribution is 5.52. The fraction of sp³-hybridized carbons (Fsp3) is 0.583. The van der Waals surface area contributed by atoms with Gasteiger partial charge in [-0.05, 0) is 55.7 Å². The van der Waals surface area contributed by atoms with Gasteiger partial charge in [0, 0.05) is 31.1 Å². The molecule has 29 heavy (non-hydrogen) atoms. The number of nitrogens with one attached hydrogen (secondary N) is 1. The summed E-state index contributed by atoms with van der Waals surface area (Å²) in [7, 11) is 0. The Hall–Kier alpha value is -2.14. The second-order valence-electron chi connectivity index (χ2n) is 9.10. The molecule has 1 aromatic carbocycles. The van der Waals surface area contributed by atoms with E-state index in [0.717, 1.165) is 42.5 Å². The molecule has 5 heteroatoms. The van der Waals surface area contributed by atoms with Crippen LogP contribution in [0.15, 0.2) is 24.3 Å². The van der Waals surface area contributed by atoms with Crippen LogP contribution < -0.4 is 10.2 Å². The Bertz CT molecular complexity index is 871. The molecule has 2 fully saturated rings. The fourth-order valence-electron chi connectivity index (χ4n) is 4.70. The third-order valence-corrected chi connectivity index (χ3v) is 6.68. The zero-order chi connectivity index (χ0) is 19.8. The highest BCUT2D eigenvalue weighted by atomic mass is 16.3. The van der Waals surface area contributed by atoms with E-state index in [1.54, 1.807) is 0 Å². The van der Waals surface area contributed by atoms with Crippen LogP contribution in [0.2, 0.25) is 0 Å². The second-order valence-corrected chi connectivity index (χ2v) is 9.10. The summed E-state index contributed by atoms with van der Waals surface area (Å²) in [5.41, 5.74) is 3.71. The molecule has 1 atom stereocenters. The largest absolute Gasteiger partial charge is 0.389 e. The number of fused-ring (bicyclic) bond motifs is 1. The molecule has 5 rings (SSSR count). The smallest absolute Gasteiger partial charge is 0.136 e. The van der Waals surface area contributed by atoms with Crippen molar-refractivity contribution in [1.29, 1.82) is 0 Å². The van der Waals surface area contributed by atoms with E-state index >= 15 is 0 Å². The Kier molecular flexibility index (Phi) is 5.17. The molecule has 0 unspecified atom stereocenters. The molecule has 5 nitrogen and oxygen atoms in total. The van der Waals surface area contributed by atoms with E-state index in [4.69, 9.17) is 9.97 Å². The van der Waals surface area contributed by atoms with Gasteiger partial charge in [-0.3, -0.25) is 0 Å². The molecular formula is C24H32N4O. The minimum absolute atomic E-state index is 0.408. The van der Waals surface area contributed by atoms with Gasteiger partial charge in [-0.25, -0.2) is 9.97 Å². The van der Waals surface area contributed by atoms with Crippen molar-refractivity contribution >= 4 is 11.6 Å². The van der Waals surface area contributed by atoms with Gasteiger partial charge < -0.3 is 15.3 Å². The van der Waals surface area contributed by atoms with Crippen molar-refractivity contribution in [3.05, 3.63) is 46.8 Å². The average Bonchev–Trinajstić information content (AvgIpc) is 3.59. The molecule has 2 aliphatic carbocycles. The Morgan fingerprint density at radius 3 is 2.62 bits per heavy atom. The summed E-state index contributed by atoms with van der Waals surface area (Å²) in [4.78, 5) is 12.2. The van der Waals surface area contributed by atoms with Crippen molar-refractivity contribution in [2.75, 3.05) is 16.8 Å². The number of nitrogens with zero attached hydrogens (tertiary/aromatic N) is 3. The van der Waals surface area contributed by atoms with Gasteiger partial charge in [0.15, 0.2) is 0 Å². The van der Waals surface area contributed by atoms with E-state index in [0.29, 0.717) is 12.0 Å². The molecule has 154 valence electrons. The van der Waals surface area contributed by atoms with Gasteiger partial charge in [-0.15, -0.1) is 0 Å². The Balaban J connectivity index is 1.38. The SMILES string of the molecule is C[C@H](O)c1ccc2c(c1)CCN(c1cc(NC3CCCCC3)nc(C3CC3)n1)C2. The first-order valence-corrected chi connectivity index (χ1v) is 11.4. The summed E-state index contributed by atoms with van der Waals surface area (Å²) in [5.74, 6) is 3.65. The summed E-state index contributed by atoms with van der Waals surface area (Å²) < 4.78 is 0. The number of anilines is 2. The molecule has 2 heterocycles. The predicted molar refractivity (Wildman–Crippen MR) is 116 cm³/mol. The molecule has 0 bridgehead atoms. The number of rotatable bonds is 5. The molecule has 3 aliphatic rings. The van der Waals surface area contributed by atoms with E-state index in [1.165, 1.54) is 56.1 Å². The zero-order valence-corrected chi connectivity index (χ0v) is 17.4. The lowest BCUT2D eigenvalue weighted by Gasteiger charge is -2.31. The fourth-order valence-corrected chi connectivity index (χ4v) is 4.70. The minimum atomic E-state index is -0.408. The van der Waals surface area contributed by atoms with Gasteiger partial charge in [0.25, 0.3) is 0 Å². The van der Waals surface area contributed by atoms with Crippen LogP contribution in [0.25, 0.3) is 0 Å². The van der Waals surface area contributed by atoms with E-state index in [-0.39, 0.29) is 0 Å². The maximum Gasteiger partial charge on any atom is 0.136 e. The van der Waals surface area contributed by atoms with Crippen LogP contribution in [-0.4, -0.2) is 27.7 Å². The van der Waals surface area contributed by atoms with Crippen molar-refractivity contribution in [3.63, 3.8) is 0 Å². The number of hydrogen-bond acceptors (Lipinski definition) is 5. The Morgan fingerprint density at radius 2 is 1.86 bits per heavy atom. The highest BCUT2D eigenvalue weighted by Crippen LogP contribution is 2.39. The lowest BCUT2D eigenvalue weighted by atomic mass is 9.95. The van der Waals surface area contributed by atoms with Gasteiger partial charge in [0.1, 0.15) is 17.5 Å². The summed E-state index contributed by atoms with van der Waals surface area (Å²) in [6.45, 7) is 3.66. The van der Waals surface area contributed by atoms with Crippen molar-refractivity contribution in [3.8, 4) is 0 Å². The Labute approximate surface area is 173 Å². The van der Waals surface area contributed by atoms with Crippen molar-refractivity contribution in [1.82, 2.24) is 9.97 Å². The van der Waals surface area contributed by atoms with Crippen LogP contribution in [0.5, 0.6) is 0 Å². The summed E-state index contributed by atoms with van der Waals surface area (Å²) in [6.07, 6.45) is 9.53. The van der Waals surface area contributed by atoms with Gasteiger partial charge in [0.2, 0.25) is 0 Å². The lowest BCUT2D eigenvalue weighted by molar-refractivity contribution is 0.199. The maximum absolute atomic E-state index is 9.87.